The van der Waals surface area contributed by atoms with Crippen molar-refractivity contribution < 1.29 is 9.53 Å². The van der Waals surface area contributed by atoms with Gasteiger partial charge in [0.2, 0.25) is 0 Å². The zero-order valence-electron chi connectivity index (χ0n) is 11.0. The van der Waals surface area contributed by atoms with Crippen LogP contribution in [-0.2, 0) is 6.42 Å². The van der Waals surface area contributed by atoms with Crippen molar-refractivity contribution in [3.63, 3.8) is 0 Å². The van der Waals surface area contributed by atoms with Crippen molar-refractivity contribution in [3.05, 3.63) is 53.6 Å². The second kappa shape index (κ2) is 4.88. The fraction of sp³-hybridized carbons (Fsp3) is 0.235. The second-order valence-electron chi connectivity index (χ2n) is 4.85. The van der Waals surface area contributed by atoms with E-state index in [1.54, 1.807) is 7.11 Å². The Hall–Kier alpha value is -2.09. The minimum atomic E-state index is 0.235. The Morgan fingerprint density at radius 3 is 2.53 bits per heavy atom. The number of rotatable bonds is 2. The topological polar surface area (TPSA) is 26.3 Å². The molecule has 3 rings (SSSR count). The molecule has 0 fully saturated rings. The minimum Gasteiger partial charge on any atom is -0.496 e. The quantitative estimate of drug-likeness (QED) is 0.810. The molecule has 1 aliphatic rings. The Bertz CT molecular complexity index is 615. The Labute approximate surface area is 113 Å². The molecule has 0 N–H and O–H groups in total. The van der Waals surface area contributed by atoms with Crippen LogP contribution in [0.25, 0.3) is 11.1 Å². The molecule has 0 amide bonds. The van der Waals surface area contributed by atoms with Crippen molar-refractivity contribution >= 4 is 5.78 Å². The van der Waals surface area contributed by atoms with Crippen LogP contribution in [0.4, 0.5) is 0 Å². The Kier molecular flexibility index (Phi) is 3.08. The average Bonchev–Trinajstić information content (AvgIpc) is 2.47. The summed E-state index contributed by atoms with van der Waals surface area (Å²) in [6, 6.07) is 14.2. The van der Waals surface area contributed by atoms with E-state index in [2.05, 4.69) is 18.2 Å². The first-order valence-electron chi connectivity index (χ1n) is 6.59. The maximum Gasteiger partial charge on any atom is 0.163 e. The van der Waals surface area contributed by atoms with E-state index < -0.39 is 0 Å². The molecule has 2 nitrogen and oxygen atoms in total. The lowest BCUT2D eigenvalue weighted by Gasteiger charge is -2.18. The molecule has 0 atom stereocenters. The molecule has 0 bridgehead atoms. The Balaban J connectivity index is 2.18. The van der Waals surface area contributed by atoms with Crippen LogP contribution < -0.4 is 4.74 Å². The number of aryl methyl sites for hydroxylation is 1. The summed E-state index contributed by atoms with van der Waals surface area (Å²) in [6.45, 7) is 0. The number of ether oxygens (including phenoxy) is 1. The van der Waals surface area contributed by atoms with Gasteiger partial charge >= 0.3 is 0 Å². The van der Waals surface area contributed by atoms with Gasteiger partial charge in [-0.1, -0.05) is 30.3 Å². The molecule has 0 saturated heterocycles. The zero-order chi connectivity index (χ0) is 13.2. The Morgan fingerprint density at radius 2 is 1.79 bits per heavy atom. The molecule has 19 heavy (non-hydrogen) atoms. The number of ketones is 1. The van der Waals surface area contributed by atoms with Crippen LogP contribution in [-0.4, -0.2) is 12.9 Å². The zero-order valence-corrected chi connectivity index (χ0v) is 11.0. The van der Waals surface area contributed by atoms with Gasteiger partial charge < -0.3 is 4.74 Å². The maximum absolute atomic E-state index is 11.9. The largest absolute Gasteiger partial charge is 0.496 e. The minimum absolute atomic E-state index is 0.235. The lowest BCUT2D eigenvalue weighted by atomic mass is 9.87. The van der Waals surface area contributed by atoms with Crippen molar-refractivity contribution in [2.75, 3.05) is 7.11 Å². The summed E-state index contributed by atoms with van der Waals surface area (Å²) in [7, 11) is 1.65. The van der Waals surface area contributed by atoms with Crippen molar-refractivity contribution in [2.24, 2.45) is 0 Å². The van der Waals surface area contributed by atoms with Gasteiger partial charge in [-0.25, -0.2) is 0 Å². The van der Waals surface area contributed by atoms with Gasteiger partial charge in [0.05, 0.1) is 7.11 Å². The van der Waals surface area contributed by atoms with Gasteiger partial charge in [-0.2, -0.15) is 0 Å². The highest BCUT2D eigenvalue weighted by molar-refractivity contribution is 5.99. The number of hydrogen-bond acceptors (Lipinski definition) is 2. The number of carbonyl (C=O) groups is 1. The first-order valence-corrected chi connectivity index (χ1v) is 6.59. The molecule has 2 aromatic rings. The van der Waals surface area contributed by atoms with E-state index in [-0.39, 0.29) is 5.78 Å². The van der Waals surface area contributed by atoms with E-state index in [0.29, 0.717) is 6.42 Å². The van der Waals surface area contributed by atoms with Gasteiger partial charge in [-0.15, -0.1) is 0 Å². The van der Waals surface area contributed by atoms with Crippen LogP contribution in [0.15, 0.2) is 42.5 Å². The highest BCUT2D eigenvalue weighted by atomic mass is 16.5. The van der Waals surface area contributed by atoms with Crippen LogP contribution in [0.3, 0.4) is 0 Å². The van der Waals surface area contributed by atoms with E-state index in [1.165, 1.54) is 0 Å². The molecule has 2 aromatic carbocycles. The second-order valence-corrected chi connectivity index (χ2v) is 4.85. The molecule has 2 heteroatoms. The van der Waals surface area contributed by atoms with Gasteiger partial charge in [0.25, 0.3) is 0 Å². The molecule has 0 saturated carbocycles. The number of Topliss-reactive ketones (excluding diaryl/α,β-unsaturated/α-hetero) is 1. The standard InChI is InChI=1S/C17H16O2/c1-19-17-11-14-13(8-5-9-16(14)18)10-15(17)12-6-3-2-4-7-12/h2-4,6-7,10-11H,5,8-9H2,1H3. The van der Waals surface area contributed by atoms with Crippen molar-refractivity contribution in [1.29, 1.82) is 0 Å². The predicted octanol–water partition coefficient (Wildman–Crippen LogP) is 3.88. The fourth-order valence-electron chi connectivity index (χ4n) is 2.68. The van der Waals surface area contributed by atoms with E-state index in [9.17, 15) is 4.79 Å². The normalized spacial score (nSPS) is 14.1. The van der Waals surface area contributed by atoms with Crippen molar-refractivity contribution in [2.45, 2.75) is 19.3 Å². The molecular formula is C17H16O2. The number of benzene rings is 2. The molecule has 0 spiro atoms. The summed E-state index contributed by atoms with van der Waals surface area (Å²) < 4.78 is 5.46. The van der Waals surface area contributed by atoms with Crippen LogP contribution in [0.1, 0.15) is 28.8 Å². The molecule has 0 radical (unpaired) electrons. The summed E-state index contributed by atoms with van der Waals surface area (Å²) in [5.41, 5.74) is 4.18. The third kappa shape index (κ3) is 2.14. The third-order valence-electron chi connectivity index (χ3n) is 3.66. The first kappa shape index (κ1) is 12.0. The van der Waals surface area contributed by atoms with Crippen molar-refractivity contribution in [3.8, 4) is 16.9 Å². The van der Waals surface area contributed by atoms with Gasteiger partial charge in [0, 0.05) is 17.5 Å². The highest BCUT2D eigenvalue weighted by Crippen LogP contribution is 2.35. The molecule has 0 unspecified atom stereocenters. The number of methoxy groups -OCH3 is 1. The summed E-state index contributed by atoms with van der Waals surface area (Å²) in [5.74, 6) is 1.01. The first-order chi connectivity index (χ1) is 9.29. The van der Waals surface area contributed by atoms with Gasteiger partial charge in [0.1, 0.15) is 5.75 Å². The molecule has 96 valence electrons. The molecule has 0 aliphatic heterocycles. The fourth-order valence-corrected chi connectivity index (χ4v) is 2.68. The maximum atomic E-state index is 11.9. The summed E-state index contributed by atoms with van der Waals surface area (Å²) in [6.07, 6.45) is 2.58. The van der Waals surface area contributed by atoms with Crippen LogP contribution in [0.5, 0.6) is 5.75 Å². The highest BCUT2D eigenvalue weighted by Gasteiger charge is 2.20. The van der Waals surface area contributed by atoms with E-state index >= 15 is 0 Å². The number of hydrogen-bond donors (Lipinski definition) is 0. The van der Waals surface area contributed by atoms with Gasteiger partial charge in [-0.3, -0.25) is 4.79 Å². The Morgan fingerprint density at radius 1 is 1.00 bits per heavy atom. The molecular weight excluding hydrogens is 236 g/mol. The smallest absolute Gasteiger partial charge is 0.163 e. The summed E-state index contributed by atoms with van der Waals surface area (Å²) in [4.78, 5) is 11.9. The average molecular weight is 252 g/mol. The monoisotopic (exact) mass is 252 g/mol. The summed E-state index contributed by atoms with van der Waals surface area (Å²) >= 11 is 0. The molecule has 0 heterocycles. The van der Waals surface area contributed by atoms with Crippen LogP contribution >= 0.6 is 0 Å². The van der Waals surface area contributed by atoms with Crippen LogP contribution in [0.2, 0.25) is 0 Å². The van der Waals surface area contributed by atoms with Gasteiger partial charge in [0.15, 0.2) is 5.78 Å². The van der Waals surface area contributed by atoms with E-state index in [0.717, 1.165) is 40.8 Å². The molecule has 1 aliphatic carbocycles. The summed E-state index contributed by atoms with van der Waals surface area (Å²) in [5, 5.41) is 0. The van der Waals surface area contributed by atoms with Crippen LogP contribution in [0, 0.1) is 0 Å². The van der Waals surface area contributed by atoms with E-state index in [1.807, 2.05) is 24.3 Å². The molecule has 0 aromatic heterocycles. The van der Waals surface area contributed by atoms with E-state index in [4.69, 9.17) is 4.74 Å². The van der Waals surface area contributed by atoms with Crippen molar-refractivity contribution in [1.82, 2.24) is 0 Å². The lowest BCUT2D eigenvalue weighted by molar-refractivity contribution is 0.0972. The number of carbonyl (C=O) groups excluding carboxylic acids is 1. The SMILES string of the molecule is COc1cc2c(cc1-c1ccccc1)CCCC2=O. The third-order valence-corrected chi connectivity index (χ3v) is 3.66. The lowest BCUT2D eigenvalue weighted by Crippen LogP contribution is -2.11. The number of fused-ring (bicyclic) bond motifs is 1. The van der Waals surface area contributed by atoms with Gasteiger partial charge in [-0.05, 0) is 36.1 Å². The predicted molar refractivity (Wildman–Crippen MR) is 75.7 cm³/mol.